The summed E-state index contributed by atoms with van der Waals surface area (Å²) >= 11 is 0. The van der Waals surface area contributed by atoms with Crippen LogP contribution in [0.3, 0.4) is 0 Å². The van der Waals surface area contributed by atoms with Crippen LogP contribution in [0.2, 0.25) is 0 Å². The Kier molecular flexibility index (Phi) is 5.38. The molecule has 3 rings (SSSR count). The fourth-order valence-corrected chi connectivity index (χ4v) is 2.63. The van der Waals surface area contributed by atoms with Crippen molar-refractivity contribution in [1.82, 2.24) is 0 Å². The standard InChI is InChI=1S/C16H12O3S.Rb.H/c1-2-20(17,18)19-16-9-5-8-14-10-12-6-3-4-7-13(12)11-15(14)16;;/h2-11H,1H2;;. The summed E-state index contributed by atoms with van der Waals surface area (Å²) < 4.78 is 28.1. The van der Waals surface area contributed by atoms with Gasteiger partial charge in [-0.05, 0) is 34.4 Å². The molecule has 0 heterocycles. The van der Waals surface area contributed by atoms with Gasteiger partial charge in [0.2, 0.25) is 0 Å². The van der Waals surface area contributed by atoms with Crippen molar-refractivity contribution in [1.29, 1.82) is 0 Å². The number of hydrogen-bond donors (Lipinski definition) is 0. The zero-order chi connectivity index (χ0) is 14.2. The van der Waals surface area contributed by atoms with Gasteiger partial charge in [0.15, 0.2) is 5.75 Å². The van der Waals surface area contributed by atoms with E-state index in [2.05, 4.69) is 6.58 Å². The zero-order valence-electron chi connectivity index (χ0n) is 10.6. The molecule has 0 bridgehead atoms. The van der Waals surface area contributed by atoms with Crippen LogP contribution in [0.15, 0.2) is 66.6 Å². The van der Waals surface area contributed by atoms with E-state index >= 15 is 0 Å². The number of rotatable bonds is 3. The SMILES string of the molecule is C=CS(=O)(=O)Oc1cccc2cc3ccccc3cc12.[RbH]. The predicted octanol–water partition coefficient (Wildman–Crippen LogP) is 3.20. The molecule has 0 saturated carbocycles. The molecular weight excluding hydrogens is 358 g/mol. The Morgan fingerprint density at radius 2 is 1.52 bits per heavy atom. The number of benzene rings is 3. The monoisotopic (exact) mass is 370 g/mol. The van der Waals surface area contributed by atoms with Gasteiger partial charge in [-0.1, -0.05) is 43.0 Å². The van der Waals surface area contributed by atoms with Gasteiger partial charge in [0.1, 0.15) is 0 Å². The summed E-state index contributed by atoms with van der Waals surface area (Å²) in [5, 5.41) is 4.63. The van der Waals surface area contributed by atoms with Crippen LogP contribution in [-0.4, -0.2) is 66.6 Å². The van der Waals surface area contributed by atoms with Gasteiger partial charge in [-0.2, -0.15) is 8.42 Å². The fraction of sp³-hybridized carbons (Fsp3) is 0. The number of fused-ring (bicyclic) bond motifs is 2. The summed E-state index contributed by atoms with van der Waals surface area (Å²) in [6.45, 7) is 3.25. The fourth-order valence-electron chi connectivity index (χ4n) is 2.17. The molecule has 0 N–H and O–H groups in total. The maximum atomic E-state index is 11.5. The Morgan fingerprint density at radius 3 is 2.19 bits per heavy atom. The molecule has 0 aromatic heterocycles. The topological polar surface area (TPSA) is 43.4 Å². The van der Waals surface area contributed by atoms with Crippen LogP contribution >= 0.6 is 0 Å². The first-order valence-electron chi connectivity index (χ1n) is 6.07. The van der Waals surface area contributed by atoms with Crippen LogP contribution in [0, 0.1) is 0 Å². The molecule has 0 saturated heterocycles. The Morgan fingerprint density at radius 1 is 0.905 bits per heavy atom. The van der Waals surface area contributed by atoms with Crippen molar-refractivity contribution in [3.05, 3.63) is 66.6 Å². The minimum atomic E-state index is -3.75. The van der Waals surface area contributed by atoms with Crippen molar-refractivity contribution in [3.8, 4) is 5.75 Å². The van der Waals surface area contributed by atoms with Gasteiger partial charge in [-0.25, -0.2) is 0 Å². The van der Waals surface area contributed by atoms with Crippen molar-refractivity contribution in [2.24, 2.45) is 0 Å². The van der Waals surface area contributed by atoms with E-state index in [-0.39, 0.29) is 58.2 Å². The van der Waals surface area contributed by atoms with Crippen LogP contribution in [0.4, 0.5) is 0 Å². The molecule has 0 radical (unpaired) electrons. The molecule has 0 fully saturated rings. The van der Waals surface area contributed by atoms with Crippen molar-refractivity contribution in [2.75, 3.05) is 0 Å². The van der Waals surface area contributed by atoms with Crippen LogP contribution in [-0.2, 0) is 10.1 Å². The van der Waals surface area contributed by atoms with Gasteiger partial charge in [0, 0.05) is 5.39 Å². The van der Waals surface area contributed by atoms with E-state index in [1.165, 1.54) is 0 Å². The normalized spacial score (nSPS) is 11.0. The molecule has 0 aliphatic carbocycles. The third-order valence-corrected chi connectivity index (χ3v) is 3.94. The summed E-state index contributed by atoms with van der Waals surface area (Å²) in [7, 11) is -3.75. The van der Waals surface area contributed by atoms with Crippen LogP contribution in [0.1, 0.15) is 0 Å². The van der Waals surface area contributed by atoms with E-state index in [1.807, 2.05) is 42.5 Å². The molecule has 0 spiro atoms. The van der Waals surface area contributed by atoms with Crippen molar-refractivity contribution >= 4 is 89.9 Å². The summed E-state index contributed by atoms with van der Waals surface area (Å²) in [5.41, 5.74) is 0. The van der Waals surface area contributed by atoms with Crippen molar-refractivity contribution in [2.45, 2.75) is 0 Å². The molecule has 3 nitrogen and oxygen atoms in total. The Hall–Kier alpha value is -0.525. The molecule has 0 amide bonds. The average molecular weight is 371 g/mol. The van der Waals surface area contributed by atoms with E-state index in [0.29, 0.717) is 5.75 Å². The summed E-state index contributed by atoms with van der Waals surface area (Å²) in [6, 6.07) is 17.2. The van der Waals surface area contributed by atoms with Gasteiger partial charge >= 0.3 is 68.3 Å². The second-order valence-electron chi connectivity index (χ2n) is 4.42. The summed E-state index contributed by atoms with van der Waals surface area (Å²) in [4.78, 5) is 0. The molecule has 5 heteroatoms. The third kappa shape index (κ3) is 3.63. The first-order chi connectivity index (χ1) is 9.59. The average Bonchev–Trinajstić information content (AvgIpc) is 2.45. The van der Waals surface area contributed by atoms with Crippen LogP contribution < -0.4 is 4.18 Å². The molecule has 3 aromatic rings. The van der Waals surface area contributed by atoms with E-state index in [0.717, 1.165) is 27.0 Å². The van der Waals surface area contributed by atoms with Crippen LogP contribution in [0.5, 0.6) is 5.75 Å². The van der Waals surface area contributed by atoms with Gasteiger partial charge in [0.05, 0.1) is 5.41 Å². The van der Waals surface area contributed by atoms with Crippen molar-refractivity contribution in [3.63, 3.8) is 0 Å². The van der Waals surface area contributed by atoms with E-state index in [1.54, 1.807) is 12.1 Å². The van der Waals surface area contributed by atoms with E-state index in [9.17, 15) is 8.42 Å². The maximum absolute atomic E-state index is 11.5. The predicted molar refractivity (Wildman–Crippen MR) is 88.3 cm³/mol. The van der Waals surface area contributed by atoms with Gasteiger partial charge < -0.3 is 4.18 Å². The Balaban J connectivity index is 0.00000161. The summed E-state index contributed by atoms with van der Waals surface area (Å²) in [6.07, 6.45) is 0. The number of hydrogen-bond acceptors (Lipinski definition) is 3. The molecule has 21 heavy (non-hydrogen) atoms. The third-order valence-electron chi connectivity index (χ3n) is 3.12. The Bertz CT molecular complexity index is 917. The zero-order valence-corrected chi connectivity index (χ0v) is 11.4. The first kappa shape index (κ1) is 16.8. The van der Waals surface area contributed by atoms with Gasteiger partial charge in [0.25, 0.3) is 0 Å². The van der Waals surface area contributed by atoms with Gasteiger partial charge in [-0.15, -0.1) is 0 Å². The molecule has 3 aromatic carbocycles. The first-order valence-corrected chi connectivity index (χ1v) is 7.55. The van der Waals surface area contributed by atoms with E-state index < -0.39 is 10.1 Å². The van der Waals surface area contributed by atoms with Crippen molar-refractivity contribution < 1.29 is 12.6 Å². The molecule has 0 aliphatic rings. The Labute approximate surface area is 172 Å². The molecule has 0 aliphatic heterocycles. The quantitative estimate of drug-likeness (QED) is 0.525. The molecule has 0 atom stereocenters. The molecule has 0 unspecified atom stereocenters. The second kappa shape index (κ2) is 6.71. The minimum absolute atomic E-state index is 0. The molecular formula is C16H13O3RbS. The van der Waals surface area contributed by atoms with Gasteiger partial charge in [-0.3, -0.25) is 0 Å². The summed E-state index contributed by atoms with van der Waals surface area (Å²) in [5.74, 6) is 0.313. The second-order valence-corrected chi connectivity index (χ2v) is 5.91. The molecule has 102 valence electrons. The van der Waals surface area contributed by atoms with E-state index in [4.69, 9.17) is 4.18 Å². The van der Waals surface area contributed by atoms with Crippen LogP contribution in [0.25, 0.3) is 21.5 Å².